The smallest absolute Gasteiger partial charge is 0.0238 e. The standard InChI is InChI=1S/C4H7NS2/c6-5-3-1-2-4-7-5/h2,4,6H,1,3H2. The van der Waals surface area contributed by atoms with Crippen molar-refractivity contribution in [2.45, 2.75) is 6.42 Å². The topological polar surface area (TPSA) is 3.24 Å². The average molecular weight is 133 g/mol. The Hall–Kier alpha value is 0.400. The first-order valence-corrected chi connectivity index (χ1v) is 3.41. The zero-order chi connectivity index (χ0) is 5.11. The van der Waals surface area contributed by atoms with Gasteiger partial charge in [0.25, 0.3) is 0 Å². The normalized spacial score (nSPS) is 23.0. The van der Waals surface area contributed by atoms with Crippen molar-refractivity contribution >= 4 is 24.8 Å². The lowest BCUT2D eigenvalue weighted by Crippen LogP contribution is -2.04. The first kappa shape index (κ1) is 5.54. The summed E-state index contributed by atoms with van der Waals surface area (Å²) in [5, 5.41) is 2.05. The summed E-state index contributed by atoms with van der Waals surface area (Å²) in [5.41, 5.74) is 0. The van der Waals surface area contributed by atoms with E-state index in [-0.39, 0.29) is 0 Å². The van der Waals surface area contributed by atoms with Crippen molar-refractivity contribution < 1.29 is 0 Å². The largest absolute Gasteiger partial charge is 0.193 e. The third kappa shape index (κ3) is 1.76. The number of rotatable bonds is 0. The minimum Gasteiger partial charge on any atom is -0.193 e. The lowest BCUT2D eigenvalue weighted by molar-refractivity contribution is 0.742. The van der Waals surface area contributed by atoms with Crippen LogP contribution in [0.1, 0.15) is 6.42 Å². The molecule has 0 saturated heterocycles. The third-order valence-electron chi connectivity index (χ3n) is 0.766. The van der Waals surface area contributed by atoms with Crippen LogP contribution in [0.5, 0.6) is 0 Å². The molecule has 0 aromatic carbocycles. The van der Waals surface area contributed by atoms with Crippen molar-refractivity contribution in [2.24, 2.45) is 0 Å². The van der Waals surface area contributed by atoms with Gasteiger partial charge in [0.15, 0.2) is 0 Å². The summed E-state index contributed by atoms with van der Waals surface area (Å²) in [7, 11) is 0. The Bertz CT molecular complexity index is 81.8. The molecule has 3 heteroatoms. The highest BCUT2D eigenvalue weighted by Gasteiger charge is 1.98. The van der Waals surface area contributed by atoms with Gasteiger partial charge in [0.05, 0.1) is 0 Å². The molecule has 0 amide bonds. The second-order valence-electron chi connectivity index (χ2n) is 1.34. The van der Waals surface area contributed by atoms with E-state index in [9.17, 15) is 0 Å². The van der Waals surface area contributed by atoms with Crippen LogP contribution < -0.4 is 0 Å². The van der Waals surface area contributed by atoms with E-state index in [1.54, 1.807) is 11.9 Å². The van der Waals surface area contributed by atoms with Gasteiger partial charge >= 0.3 is 0 Å². The fourth-order valence-corrected chi connectivity index (χ4v) is 1.27. The second kappa shape index (κ2) is 2.64. The maximum Gasteiger partial charge on any atom is 0.0238 e. The lowest BCUT2D eigenvalue weighted by atomic mass is 10.4. The number of hydrogen-bond donors (Lipinski definition) is 1. The van der Waals surface area contributed by atoms with Crippen molar-refractivity contribution in [2.75, 3.05) is 6.54 Å². The van der Waals surface area contributed by atoms with Crippen molar-refractivity contribution in [3.05, 3.63) is 11.5 Å². The molecule has 1 heterocycles. The van der Waals surface area contributed by atoms with Gasteiger partial charge in [-0.3, -0.25) is 0 Å². The van der Waals surface area contributed by atoms with Gasteiger partial charge in [-0.15, -0.1) is 0 Å². The molecule has 0 spiro atoms. The molecular formula is C4H7NS2. The van der Waals surface area contributed by atoms with Crippen LogP contribution >= 0.6 is 24.8 Å². The third-order valence-corrected chi connectivity index (χ3v) is 1.99. The summed E-state index contributed by atoms with van der Waals surface area (Å²) in [5.74, 6) is 0. The Kier molecular flexibility index (Phi) is 2.09. The van der Waals surface area contributed by atoms with Crippen LogP contribution in [0.25, 0.3) is 0 Å². The van der Waals surface area contributed by atoms with Gasteiger partial charge in [-0.2, -0.15) is 3.71 Å². The van der Waals surface area contributed by atoms with Gasteiger partial charge in [-0.1, -0.05) is 18.9 Å². The van der Waals surface area contributed by atoms with Gasteiger partial charge < -0.3 is 0 Å². The van der Waals surface area contributed by atoms with E-state index in [0.717, 1.165) is 13.0 Å². The van der Waals surface area contributed by atoms with Gasteiger partial charge in [-0.05, 0) is 23.8 Å². The lowest BCUT2D eigenvalue weighted by Gasteiger charge is -2.12. The molecule has 0 unspecified atom stereocenters. The Morgan fingerprint density at radius 2 is 2.57 bits per heavy atom. The van der Waals surface area contributed by atoms with Crippen molar-refractivity contribution in [1.82, 2.24) is 3.71 Å². The van der Waals surface area contributed by atoms with Crippen molar-refractivity contribution in [3.63, 3.8) is 0 Å². The predicted octanol–water partition coefficient (Wildman–Crippen LogP) is 1.70. The Labute approximate surface area is 53.4 Å². The van der Waals surface area contributed by atoms with Crippen LogP contribution in [-0.2, 0) is 0 Å². The molecule has 0 fully saturated rings. The van der Waals surface area contributed by atoms with Crippen LogP contribution in [0.4, 0.5) is 0 Å². The maximum absolute atomic E-state index is 4.11. The van der Waals surface area contributed by atoms with Crippen LogP contribution in [-0.4, -0.2) is 10.3 Å². The minimum absolute atomic E-state index is 1.06. The molecule has 1 rings (SSSR count). The molecule has 0 aromatic rings. The highest BCUT2D eigenvalue weighted by atomic mass is 32.2. The molecule has 1 nitrogen and oxygen atoms in total. The predicted molar refractivity (Wildman–Crippen MR) is 37.0 cm³/mol. The molecular weight excluding hydrogens is 126 g/mol. The summed E-state index contributed by atoms with van der Waals surface area (Å²) in [4.78, 5) is 0. The van der Waals surface area contributed by atoms with Gasteiger partial charge in [-0.25, -0.2) is 0 Å². The first-order valence-electron chi connectivity index (χ1n) is 2.18. The summed E-state index contributed by atoms with van der Waals surface area (Å²) < 4.78 is 1.92. The summed E-state index contributed by atoms with van der Waals surface area (Å²) in [6, 6.07) is 0. The number of hydrogen-bond acceptors (Lipinski definition) is 3. The fraction of sp³-hybridized carbons (Fsp3) is 0.500. The molecule has 0 aliphatic carbocycles. The summed E-state index contributed by atoms with van der Waals surface area (Å²) >= 11 is 5.74. The molecule has 1 aliphatic heterocycles. The van der Waals surface area contributed by atoms with E-state index in [2.05, 4.69) is 24.3 Å². The van der Waals surface area contributed by atoms with E-state index in [1.807, 2.05) is 3.71 Å². The monoisotopic (exact) mass is 133 g/mol. The van der Waals surface area contributed by atoms with Crippen molar-refractivity contribution in [1.29, 1.82) is 0 Å². The van der Waals surface area contributed by atoms with E-state index < -0.39 is 0 Å². The van der Waals surface area contributed by atoms with E-state index in [0.29, 0.717) is 0 Å². The van der Waals surface area contributed by atoms with Gasteiger partial charge in [0.2, 0.25) is 0 Å². The molecule has 7 heavy (non-hydrogen) atoms. The zero-order valence-electron chi connectivity index (χ0n) is 3.87. The molecule has 1 aliphatic rings. The van der Waals surface area contributed by atoms with Crippen LogP contribution in [0, 0.1) is 0 Å². The van der Waals surface area contributed by atoms with E-state index in [1.165, 1.54) is 0 Å². The summed E-state index contributed by atoms with van der Waals surface area (Å²) in [6.45, 7) is 1.06. The molecule has 0 atom stereocenters. The van der Waals surface area contributed by atoms with Crippen LogP contribution in [0.2, 0.25) is 0 Å². The van der Waals surface area contributed by atoms with Gasteiger partial charge in [0.1, 0.15) is 0 Å². The number of nitrogens with zero attached hydrogens (tertiary/aromatic N) is 1. The van der Waals surface area contributed by atoms with Crippen LogP contribution in [0.15, 0.2) is 11.5 Å². The second-order valence-corrected chi connectivity index (χ2v) is 3.02. The van der Waals surface area contributed by atoms with E-state index >= 15 is 0 Å². The highest BCUT2D eigenvalue weighted by molar-refractivity contribution is 8.07. The zero-order valence-corrected chi connectivity index (χ0v) is 5.58. The highest BCUT2D eigenvalue weighted by Crippen LogP contribution is 2.18. The fourth-order valence-electron chi connectivity index (χ4n) is 0.419. The van der Waals surface area contributed by atoms with Crippen LogP contribution in [0.3, 0.4) is 0 Å². The molecule has 0 N–H and O–H groups in total. The molecule has 0 saturated carbocycles. The first-order chi connectivity index (χ1) is 3.39. The number of thiol groups is 1. The molecule has 0 radical (unpaired) electrons. The van der Waals surface area contributed by atoms with Gasteiger partial charge in [0, 0.05) is 6.54 Å². The van der Waals surface area contributed by atoms with E-state index in [4.69, 9.17) is 0 Å². The minimum atomic E-state index is 1.06. The average Bonchev–Trinajstić information content (AvgIpc) is 1.69. The Morgan fingerprint density at radius 3 is 2.86 bits per heavy atom. The molecule has 40 valence electrons. The Balaban J connectivity index is 2.32. The van der Waals surface area contributed by atoms with Crippen molar-refractivity contribution in [3.8, 4) is 0 Å². The summed E-state index contributed by atoms with van der Waals surface area (Å²) in [6.07, 6.45) is 3.29. The quantitative estimate of drug-likeness (QED) is 0.396. The SMILES string of the molecule is SN1CCC=CS1. The Morgan fingerprint density at radius 1 is 1.71 bits per heavy atom. The maximum atomic E-state index is 4.11. The molecule has 0 aromatic heterocycles. The molecule has 0 bridgehead atoms.